The van der Waals surface area contributed by atoms with Crippen LogP contribution >= 0.6 is 0 Å². The fourth-order valence-corrected chi connectivity index (χ4v) is 3.97. The maximum Gasteiger partial charge on any atom is 0.259 e. The van der Waals surface area contributed by atoms with Gasteiger partial charge in [0.2, 0.25) is 5.91 Å². The highest BCUT2D eigenvalue weighted by Gasteiger charge is 2.41. The van der Waals surface area contributed by atoms with Crippen LogP contribution in [-0.2, 0) is 4.79 Å². The minimum Gasteiger partial charge on any atom is -0.361 e. The molecule has 0 aromatic carbocycles. The Kier molecular flexibility index (Phi) is 4.65. The number of hydrogen-bond acceptors (Lipinski definition) is 4. The van der Waals surface area contributed by atoms with Crippen LogP contribution in [0, 0.1) is 19.3 Å². The fourth-order valence-electron chi connectivity index (χ4n) is 3.97. The third-order valence-corrected chi connectivity index (χ3v) is 5.47. The predicted molar refractivity (Wildman–Crippen MR) is 89.6 cm³/mol. The molecule has 132 valence electrons. The molecule has 1 aliphatic heterocycles. The van der Waals surface area contributed by atoms with Crippen LogP contribution in [0.25, 0.3) is 0 Å². The number of likely N-dealkylation sites (tertiary alicyclic amines) is 1. The number of aromatic nitrogens is 1. The third kappa shape index (κ3) is 3.19. The third-order valence-electron chi connectivity index (χ3n) is 5.47. The number of nitrogens with zero attached hydrogens (tertiary/aromatic N) is 2. The first kappa shape index (κ1) is 17.0. The van der Waals surface area contributed by atoms with E-state index in [9.17, 15) is 9.59 Å². The van der Waals surface area contributed by atoms with E-state index in [2.05, 4.69) is 10.5 Å². The number of piperidine rings is 1. The van der Waals surface area contributed by atoms with E-state index in [4.69, 9.17) is 4.52 Å². The van der Waals surface area contributed by atoms with E-state index in [1.54, 1.807) is 18.7 Å². The Labute approximate surface area is 142 Å². The van der Waals surface area contributed by atoms with Crippen molar-refractivity contribution in [3.8, 4) is 0 Å². The van der Waals surface area contributed by atoms with E-state index < -0.39 is 5.41 Å². The largest absolute Gasteiger partial charge is 0.361 e. The highest BCUT2D eigenvalue weighted by molar-refractivity contribution is 5.96. The minimum atomic E-state index is -0.518. The Balaban J connectivity index is 1.71. The van der Waals surface area contributed by atoms with Crippen LogP contribution in [0.4, 0.5) is 0 Å². The second-order valence-corrected chi connectivity index (χ2v) is 7.54. The zero-order valence-electron chi connectivity index (χ0n) is 14.9. The SMILES string of the molecule is Cc1noc(C)c1C(=O)N1CCC[C@@](C)(C(=O)NC2CCCC2)C1. The van der Waals surface area contributed by atoms with Gasteiger partial charge in [0.15, 0.2) is 0 Å². The van der Waals surface area contributed by atoms with Gasteiger partial charge < -0.3 is 14.7 Å². The summed E-state index contributed by atoms with van der Waals surface area (Å²) in [6, 6.07) is 0.308. The maximum atomic E-state index is 12.9. The topological polar surface area (TPSA) is 75.4 Å². The first-order chi connectivity index (χ1) is 11.4. The van der Waals surface area contributed by atoms with Crippen molar-refractivity contribution in [2.45, 2.75) is 65.3 Å². The molecular formula is C18H27N3O3. The summed E-state index contributed by atoms with van der Waals surface area (Å²) in [5, 5.41) is 7.07. The van der Waals surface area contributed by atoms with Crippen LogP contribution in [0.2, 0.25) is 0 Å². The molecule has 1 aliphatic carbocycles. The molecule has 0 spiro atoms. The number of nitrogens with one attached hydrogen (secondary N) is 1. The Hall–Kier alpha value is -1.85. The van der Waals surface area contributed by atoms with Crippen LogP contribution in [0.3, 0.4) is 0 Å². The van der Waals surface area contributed by atoms with E-state index in [1.165, 1.54) is 12.8 Å². The molecule has 1 saturated carbocycles. The van der Waals surface area contributed by atoms with Gasteiger partial charge in [-0.1, -0.05) is 18.0 Å². The number of rotatable bonds is 3. The van der Waals surface area contributed by atoms with Gasteiger partial charge in [0.1, 0.15) is 11.3 Å². The van der Waals surface area contributed by atoms with Gasteiger partial charge in [-0.05, 0) is 46.5 Å². The van der Waals surface area contributed by atoms with Gasteiger partial charge in [-0.25, -0.2) is 0 Å². The average molecular weight is 333 g/mol. The van der Waals surface area contributed by atoms with Gasteiger partial charge in [-0.2, -0.15) is 0 Å². The zero-order valence-corrected chi connectivity index (χ0v) is 14.9. The van der Waals surface area contributed by atoms with E-state index >= 15 is 0 Å². The summed E-state index contributed by atoms with van der Waals surface area (Å²) in [4.78, 5) is 27.4. The molecular weight excluding hydrogens is 306 g/mol. The number of amides is 2. The molecule has 6 nitrogen and oxygen atoms in total. The second-order valence-electron chi connectivity index (χ2n) is 7.54. The second kappa shape index (κ2) is 6.57. The highest BCUT2D eigenvalue weighted by Crippen LogP contribution is 2.32. The first-order valence-electron chi connectivity index (χ1n) is 8.94. The first-order valence-corrected chi connectivity index (χ1v) is 8.94. The van der Waals surface area contributed by atoms with Crippen molar-refractivity contribution in [3.63, 3.8) is 0 Å². The van der Waals surface area contributed by atoms with E-state index in [-0.39, 0.29) is 11.8 Å². The summed E-state index contributed by atoms with van der Waals surface area (Å²) in [5.41, 5.74) is 0.630. The average Bonchev–Trinajstić information content (AvgIpc) is 3.17. The summed E-state index contributed by atoms with van der Waals surface area (Å²) >= 11 is 0. The van der Waals surface area contributed by atoms with Gasteiger partial charge in [0, 0.05) is 19.1 Å². The molecule has 1 aromatic rings. The summed E-state index contributed by atoms with van der Waals surface area (Å²) in [6.45, 7) is 6.64. The molecule has 6 heteroatoms. The molecule has 0 radical (unpaired) electrons. The summed E-state index contributed by atoms with van der Waals surface area (Å²) in [7, 11) is 0. The maximum absolute atomic E-state index is 12.9. The lowest BCUT2D eigenvalue weighted by molar-refractivity contribution is -0.133. The molecule has 24 heavy (non-hydrogen) atoms. The number of aryl methyl sites for hydroxylation is 2. The van der Waals surface area contributed by atoms with Crippen LogP contribution in [0.15, 0.2) is 4.52 Å². The highest BCUT2D eigenvalue weighted by atomic mass is 16.5. The number of carbonyl (C=O) groups is 2. The Morgan fingerprint density at radius 1 is 1.25 bits per heavy atom. The van der Waals surface area contributed by atoms with Crippen molar-refractivity contribution in [3.05, 3.63) is 17.0 Å². The predicted octanol–water partition coefficient (Wildman–Crippen LogP) is 2.59. The number of hydrogen-bond donors (Lipinski definition) is 1. The standard InChI is InChI=1S/C18H27N3O3/c1-12-15(13(2)24-20-12)16(22)21-10-6-9-18(3,11-21)17(23)19-14-7-4-5-8-14/h14H,4-11H2,1-3H3,(H,19,23)/t18-/m1/s1. The van der Waals surface area contributed by atoms with E-state index in [0.717, 1.165) is 25.7 Å². The molecule has 2 heterocycles. The van der Waals surface area contributed by atoms with Gasteiger partial charge >= 0.3 is 0 Å². The van der Waals surface area contributed by atoms with Crippen molar-refractivity contribution >= 4 is 11.8 Å². The van der Waals surface area contributed by atoms with Crippen molar-refractivity contribution in [2.75, 3.05) is 13.1 Å². The van der Waals surface area contributed by atoms with E-state index in [1.807, 2.05) is 6.92 Å². The zero-order chi connectivity index (χ0) is 17.3. The molecule has 1 N–H and O–H groups in total. The monoisotopic (exact) mass is 333 g/mol. The lowest BCUT2D eigenvalue weighted by Crippen LogP contribution is -2.53. The number of carbonyl (C=O) groups excluding carboxylic acids is 2. The molecule has 2 fully saturated rings. The van der Waals surface area contributed by atoms with Crippen LogP contribution in [0.5, 0.6) is 0 Å². The normalized spacial score (nSPS) is 25.0. The summed E-state index contributed by atoms with van der Waals surface area (Å²) < 4.78 is 5.12. The Morgan fingerprint density at radius 2 is 1.96 bits per heavy atom. The van der Waals surface area contributed by atoms with Gasteiger partial charge in [-0.15, -0.1) is 0 Å². The lowest BCUT2D eigenvalue weighted by atomic mass is 9.80. The van der Waals surface area contributed by atoms with Crippen molar-refractivity contribution in [1.82, 2.24) is 15.4 Å². The van der Waals surface area contributed by atoms with Gasteiger partial charge in [-0.3, -0.25) is 9.59 Å². The van der Waals surface area contributed by atoms with Crippen molar-refractivity contribution < 1.29 is 14.1 Å². The molecule has 1 aromatic heterocycles. The van der Waals surface area contributed by atoms with Crippen molar-refractivity contribution in [2.24, 2.45) is 5.41 Å². The quantitative estimate of drug-likeness (QED) is 0.922. The summed E-state index contributed by atoms with van der Waals surface area (Å²) in [6.07, 6.45) is 6.18. The fraction of sp³-hybridized carbons (Fsp3) is 0.722. The van der Waals surface area contributed by atoms with Gasteiger partial charge in [0.05, 0.1) is 11.1 Å². The smallest absolute Gasteiger partial charge is 0.259 e. The lowest BCUT2D eigenvalue weighted by Gasteiger charge is -2.39. The molecule has 1 saturated heterocycles. The minimum absolute atomic E-state index is 0.0779. The summed E-state index contributed by atoms with van der Waals surface area (Å²) in [5.74, 6) is 0.552. The molecule has 3 rings (SSSR count). The Bertz CT molecular complexity index is 614. The van der Waals surface area contributed by atoms with E-state index in [0.29, 0.717) is 36.1 Å². The molecule has 0 unspecified atom stereocenters. The molecule has 2 aliphatic rings. The van der Waals surface area contributed by atoms with Crippen LogP contribution < -0.4 is 5.32 Å². The Morgan fingerprint density at radius 3 is 2.58 bits per heavy atom. The van der Waals surface area contributed by atoms with Crippen LogP contribution in [0.1, 0.15) is 67.3 Å². The van der Waals surface area contributed by atoms with Crippen molar-refractivity contribution in [1.29, 1.82) is 0 Å². The molecule has 1 atom stereocenters. The molecule has 0 bridgehead atoms. The molecule has 2 amide bonds. The van der Waals surface area contributed by atoms with Crippen LogP contribution in [-0.4, -0.2) is 41.0 Å². The van der Waals surface area contributed by atoms with Gasteiger partial charge in [0.25, 0.3) is 5.91 Å².